The zero-order valence-electron chi connectivity index (χ0n) is 9.79. The topological polar surface area (TPSA) is 40.5 Å². The van der Waals surface area contributed by atoms with E-state index in [9.17, 15) is 4.79 Å². The summed E-state index contributed by atoms with van der Waals surface area (Å²) in [6, 6.07) is 0.356. The van der Waals surface area contributed by atoms with Gasteiger partial charge in [0.15, 0.2) is 0 Å². The second-order valence-electron chi connectivity index (χ2n) is 3.63. The average molecular weight is 201 g/mol. The third-order valence-corrected chi connectivity index (χ3v) is 2.89. The predicted octanol–water partition coefficient (Wildman–Crippen LogP) is 3.34. The Labute approximate surface area is 87.1 Å². The van der Waals surface area contributed by atoms with E-state index in [1.165, 1.54) is 0 Å². The first kappa shape index (κ1) is 13.3. The van der Waals surface area contributed by atoms with Crippen molar-refractivity contribution in [3.05, 3.63) is 0 Å². The van der Waals surface area contributed by atoms with Crippen molar-refractivity contribution in [2.45, 2.75) is 65.5 Å². The van der Waals surface area contributed by atoms with E-state index in [0.29, 0.717) is 0 Å². The summed E-state index contributed by atoms with van der Waals surface area (Å²) in [4.78, 5) is 12.8. The lowest BCUT2D eigenvalue weighted by atomic mass is 10.0. The SMILES string of the molecule is CCC(CC)N(C(=O)O)C(CC)CC. The van der Waals surface area contributed by atoms with Gasteiger partial charge in [-0.25, -0.2) is 4.79 Å². The third-order valence-electron chi connectivity index (χ3n) is 2.89. The Bertz CT molecular complexity index is 151. The minimum atomic E-state index is -0.771. The van der Waals surface area contributed by atoms with Crippen LogP contribution in [0.5, 0.6) is 0 Å². The minimum Gasteiger partial charge on any atom is -0.465 e. The first-order valence-electron chi connectivity index (χ1n) is 5.63. The van der Waals surface area contributed by atoms with Crippen molar-refractivity contribution in [1.29, 1.82) is 0 Å². The van der Waals surface area contributed by atoms with E-state index in [4.69, 9.17) is 5.11 Å². The third kappa shape index (κ3) is 3.20. The van der Waals surface area contributed by atoms with Crippen LogP contribution in [0.4, 0.5) is 4.79 Å². The molecular formula is C11H23NO2. The van der Waals surface area contributed by atoms with Crippen LogP contribution in [-0.4, -0.2) is 28.2 Å². The molecule has 3 heteroatoms. The van der Waals surface area contributed by atoms with Gasteiger partial charge in [-0.1, -0.05) is 27.7 Å². The highest BCUT2D eigenvalue weighted by molar-refractivity contribution is 5.65. The van der Waals surface area contributed by atoms with Gasteiger partial charge in [0.25, 0.3) is 0 Å². The van der Waals surface area contributed by atoms with E-state index in [2.05, 4.69) is 0 Å². The second kappa shape index (κ2) is 6.68. The Balaban J connectivity index is 4.62. The number of nitrogens with zero attached hydrogens (tertiary/aromatic N) is 1. The molecule has 0 radical (unpaired) electrons. The Morgan fingerprint density at radius 2 is 1.29 bits per heavy atom. The number of hydrogen-bond donors (Lipinski definition) is 1. The maximum atomic E-state index is 11.1. The largest absolute Gasteiger partial charge is 0.465 e. The van der Waals surface area contributed by atoms with Crippen LogP contribution in [0.3, 0.4) is 0 Å². The molecule has 0 saturated heterocycles. The minimum absolute atomic E-state index is 0.178. The molecular weight excluding hydrogens is 178 g/mol. The molecule has 1 amide bonds. The molecule has 0 saturated carbocycles. The predicted molar refractivity (Wildman–Crippen MR) is 58.6 cm³/mol. The summed E-state index contributed by atoms with van der Waals surface area (Å²) >= 11 is 0. The zero-order chi connectivity index (χ0) is 11.1. The molecule has 0 aromatic heterocycles. The molecule has 0 bridgehead atoms. The van der Waals surface area contributed by atoms with Gasteiger partial charge in [-0.15, -0.1) is 0 Å². The van der Waals surface area contributed by atoms with Crippen molar-refractivity contribution < 1.29 is 9.90 Å². The van der Waals surface area contributed by atoms with Gasteiger partial charge in [-0.3, -0.25) is 0 Å². The second-order valence-corrected chi connectivity index (χ2v) is 3.63. The highest BCUT2D eigenvalue weighted by Crippen LogP contribution is 2.17. The molecule has 0 atom stereocenters. The first-order valence-corrected chi connectivity index (χ1v) is 5.63. The summed E-state index contributed by atoms with van der Waals surface area (Å²) in [6.45, 7) is 8.19. The van der Waals surface area contributed by atoms with Crippen molar-refractivity contribution in [3.8, 4) is 0 Å². The Hall–Kier alpha value is -0.730. The molecule has 0 unspecified atom stereocenters. The van der Waals surface area contributed by atoms with Crippen LogP contribution >= 0.6 is 0 Å². The van der Waals surface area contributed by atoms with Crippen molar-refractivity contribution in [2.24, 2.45) is 0 Å². The van der Waals surface area contributed by atoms with Gasteiger partial charge in [-0.05, 0) is 25.7 Å². The molecule has 1 N–H and O–H groups in total. The number of rotatable bonds is 6. The summed E-state index contributed by atoms with van der Waals surface area (Å²) in [5.41, 5.74) is 0. The zero-order valence-corrected chi connectivity index (χ0v) is 9.79. The van der Waals surface area contributed by atoms with Crippen molar-refractivity contribution in [2.75, 3.05) is 0 Å². The van der Waals surface area contributed by atoms with Crippen molar-refractivity contribution >= 4 is 6.09 Å². The fraction of sp³-hybridized carbons (Fsp3) is 0.909. The summed E-state index contributed by atoms with van der Waals surface area (Å²) in [5.74, 6) is 0. The van der Waals surface area contributed by atoms with E-state index >= 15 is 0 Å². The molecule has 0 aromatic rings. The number of amides is 1. The van der Waals surface area contributed by atoms with Crippen LogP contribution in [-0.2, 0) is 0 Å². The van der Waals surface area contributed by atoms with Gasteiger partial charge in [0, 0.05) is 12.1 Å². The molecule has 0 fully saturated rings. The maximum absolute atomic E-state index is 11.1. The monoisotopic (exact) mass is 201 g/mol. The van der Waals surface area contributed by atoms with Crippen molar-refractivity contribution in [1.82, 2.24) is 4.90 Å². The maximum Gasteiger partial charge on any atom is 0.407 e. The van der Waals surface area contributed by atoms with E-state index in [1.807, 2.05) is 27.7 Å². The summed E-state index contributed by atoms with van der Waals surface area (Å²) in [7, 11) is 0. The molecule has 0 aromatic carbocycles. The van der Waals surface area contributed by atoms with Gasteiger partial charge in [0.2, 0.25) is 0 Å². The van der Waals surface area contributed by atoms with Crippen LogP contribution in [0, 0.1) is 0 Å². The lowest BCUT2D eigenvalue weighted by Crippen LogP contribution is -2.45. The normalized spacial score (nSPS) is 11.0. The van der Waals surface area contributed by atoms with E-state index < -0.39 is 6.09 Å². The van der Waals surface area contributed by atoms with E-state index in [1.54, 1.807) is 4.90 Å². The molecule has 0 aliphatic heterocycles. The standard InChI is InChI=1S/C11H23NO2/c1-5-9(6-2)12(11(13)14)10(7-3)8-4/h9-10H,5-8H2,1-4H3,(H,13,14). The molecule has 0 aliphatic carbocycles. The van der Waals surface area contributed by atoms with E-state index in [-0.39, 0.29) is 12.1 Å². The van der Waals surface area contributed by atoms with Crippen LogP contribution in [0.15, 0.2) is 0 Å². The Kier molecular flexibility index (Phi) is 6.34. The first-order chi connectivity index (χ1) is 6.62. The molecule has 14 heavy (non-hydrogen) atoms. The highest BCUT2D eigenvalue weighted by atomic mass is 16.4. The average Bonchev–Trinajstić information content (AvgIpc) is 2.18. The van der Waals surface area contributed by atoms with Gasteiger partial charge >= 0.3 is 6.09 Å². The number of carboxylic acid groups (broad SMARTS) is 1. The molecule has 0 aliphatic rings. The lowest BCUT2D eigenvalue weighted by molar-refractivity contribution is 0.0911. The summed E-state index contributed by atoms with van der Waals surface area (Å²) in [6.07, 6.45) is 2.84. The fourth-order valence-corrected chi connectivity index (χ4v) is 1.97. The highest BCUT2D eigenvalue weighted by Gasteiger charge is 2.26. The van der Waals surface area contributed by atoms with Gasteiger partial charge in [0.1, 0.15) is 0 Å². The molecule has 3 nitrogen and oxygen atoms in total. The van der Waals surface area contributed by atoms with Crippen LogP contribution in [0.2, 0.25) is 0 Å². The van der Waals surface area contributed by atoms with Gasteiger partial charge in [-0.2, -0.15) is 0 Å². The Morgan fingerprint density at radius 3 is 1.43 bits per heavy atom. The van der Waals surface area contributed by atoms with Crippen LogP contribution in [0.25, 0.3) is 0 Å². The lowest BCUT2D eigenvalue weighted by Gasteiger charge is -2.34. The van der Waals surface area contributed by atoms with Gasteiger partial charge in [0.05, 0.1) is 0 Å². The van der Waals surface area contributed by atoms with Gasteiger partial charge < -0.3 is 10.0 Å². The molecule has 0 spiro atoms. The fourth-order valence-electron chi connectivity index (χ4n) is 1.97. The molecule has 0 heterocycles. The van der Waals surface area contributed by atoms with Crippen LogP contribution in [0.1, 0.15) is 53.4 Å². The van der Waals surface area contributed by atoms with E-state index in [0.717, 1.165) is 25.7 Å². The summed E-state index contributed by atoms with van der Waals surface area (Å²) in [5, 5.41) is 9.16. The molecule has 0 rings (SSSR count). The van der Waals surface area contributed by atoms with Crippen LogP contribution < -0.4 is 0 Å². The quantitative estimate of drug-likeness (QED) is 0.716. The van der Waals surface area contributed by atoms with Crippen molar-refractivity contribution in [3.63, 3.8) is 0 Å². The molecule has 84 valence electrons. The summed E-state index contributed by atoms with van der Waals surface area (Å²) < 4.78 is 0. The Morgan fingerprint density at radius 1 is 1.00 bits per heavy atom. The number of carbonyl (C=O) groups is 1. The number of hydrogen-bond acceptors (Lipinski definition) is 1. The smallest absolute Gasteiger partial charge is 0.407 e.